The van der Waals surface area contributed by atoms with Crippen molar-refractivity contribution in [2.45, 2.75) is 44.9 Å². The number of carboxylic acids is 1. The van der Waals surface area contributed by atoms with E-state index >= 15 is 0 Å². The largest absolute Gasteiger partial charge is 0.497 e. The number of carbonyl (C=O) groups is 1. The van der Waals surface area contributed by atoms with Crippen molar-refractivity contribution in [2.75, 3.05) is 27.4 Å². The first kappa shape index (κ1) is 40.5. The molecule has 12 nitrogen and oxygen atoms in total. The topological polar surface area (TPSA) is 147 Å². The highest BCUT2D eigenvalue weighted by Crippen LogP contribution is 2.46. The van der Waals surface area contributed by atoms with E-state index in [9.17, 15) is 9.90 Å². The van der Waals surface area contributed by atoms with Crippen LogP contribution in [0.25, 0.3) is 43.9 Å². The second-order valence-corrected chi connectivity index (χ2v) is 15.4. The zero-order valence-corrected chi connectivity index (χ0v) is 34.8. The smallest absolute Gasteiger partial charge is 0.345 e. The first-order chi connectivity index (χ1) is 29.3. The molecule has 0 bridgehead atoms. The van der Waals surface area contributed by atoms with Crippen LogP contribution in [0.2, 0.25) is 5.02 Å². The number of para-hydroxylation sites is 2. The quantitative estimate of drug-likeness (QED) is 0.0956. The van der Waals surface area contributed by atoms with Crippen molar-refractivity contribution in [3.8, 4) is 62.7 Å². The van der Waals surface area contributed by atoms with Gasteiger partial charge in [0.2, 0.25) is 12.0 Å². The Morgan fingerprint density at radius 3 is 2.57 bits per heavy atom. The number of nitrogens with zero attached hydrogens (tertiary/aromatic N) is 4. The molecule has 8 rings (SSSR count). The van der Waals surface area contributed by atoms with Crippen molar-refractivity contribution < 1.29 is 33.6 Å². The highest BCUT2D eigenvalue weighted by molar-refractivity contribution is 7.13. The number of aromatic nitrogens is 4. The molecule has 306 valence electrons. The Kier molecular flexibility index (Phi) is 12.4. The van der Waals surface area contributed by atoms with Gasteiger partial charge in [-0.05, 0) is 97.0 Å². The number of ether oxygens (including phenoxy) is 5. The molecule has 0 radical (unpaired) electrons. The van der Waals surface area contributed by atoms with E-state index in [0.717, 1.165) is 41.6 Å². The van der Waals surface area contributed by atoms with Gasteiger partial charge in [0.15, 0.2) is 5.82 Å². The van der Waals surface area contributed by atoms with Gasteiger partial charge in [0.1, 0.15) is 36.2 Å². The summed E-state index contributed by atoms with van der Waals surface area (Å²) < 4.78 is 35.4. The maximum absolute atomic E-state index is 13.0. The number of carboxylic acid groups (broad SMARTS) is 1. The van der Waals surface area contributed by atoms with Crippen LogP contribution in [0.3, 0.4) is 0 Å². The summed E-state index contributed by atoms with van der Waals surface area (Å²) in [7, 11) is 3.21. The Morgan fingerprint density at radius 2 is 1.77 bits per heavy atom. The highest BCUT2D eigenvalue weighted by atomic mass is 35.5. The van der Waals surface area contributed by atoms with Crippen molar-refractivity contribution in [2.24, 2.45) is 0 Å². The number of nitrogens with one attached hydrogen (secondary N) is 1. The molecule has 14 heteroatoms. The van der Waals surface area contributed by atoms with Crippen molar-refractivity contribution in [3.63, 3.8) is 0 Å². The van der Waals surface area contributed by atoms with Crippen LogP contribution < -0.4 is 29.0 Å². The molecule has 0 saturated carbocycles. The number of aliphatic carboxylic acids is 1. The van der Waals surface area contributed by atoms with Gasteiger partial charge in [-0.25, -0.2) is 14.8 Å². The number of fused-ring (bicyclic) bond motifs is 1. The third-order valence-corrected chi connectivity index (χ3v) is 11.6. The Bertz CT molecular complexity index is 2650. The summed E-state index contributed by atoms with van der Waals surface area (Å²) in [5.41, 5.74) is 5.66. The lowest BCUT2D eigenvalue weighted by atomic mass is 9.93. The van der Waals surface area contributed by atoms with E-state index in [1.165, 1.54) is 11.5 Å². The van der Waals surface area contributed by atoms with Crippen LogP contribution in [0, 0.1) is 6.92 Å². The van der Waals surface area contributed by atoms with Crippen molar-refractivity contribution in [3.05, 3.63) is 125 Å². The number of methoxy groups -OCH3 is 2. The fraction of sp³-hybridized carbons (Fsp3) is 0.239. The third-order valence-electron chi connectivity index (χ3n) is 10.4. The lowest BCUT2D eigenvalue weighted by molar-refractivity contribution is -0.145. The summed E-state index contributed by atoms with van der Waals surface area (Å²) in [6, 6.07) is 28.3. The molecule has 0 spiro atoms. The van der Waals surface area contributed by atoms with Gasteiger partial charge >= 0.3 is 5.97 Å². The Morgan fingerprint density at radius 1 is 0.933 bits per heavy atom. The van der Waals surface area contributed by atoms with Crippen molar-refractivity contribution >= 4 is 39.2 Å². The van der Waals surface area contributed by atoms with Gasteiger partial charge < -0.3 is 34.1 Å². The second-order valence-electron chi connectivity index (χ2n) is 14.2. The Hall–Kier alpha value is -6.28. The molecule has 0 amide bonds. The Labute approximate surface area is 356 Å². The summed E-state index contributed by atoms with van der Waals surface area (Å²) in [5.74, 6) is 1.89. The first-order valence-corrected chi connectivity index (χ1v) is 20.6. The summed E-state index contributed by atoms with van der Waals surface area (Å²) >= 11 is 8.23. The molecule has 1 fully saturated rings. The minimum atomic E-state index is -1.33. The van der Waals surface area contributed by atoms with Gasteiger partial charge in [0, 0.05) is 36.0 Å². The summed E-state index contributed by atoms with van der Waals surface area (Å²) in [6.07, 6.45) is 4.21. The lowest BCUT2D eigenvalue weighted by Gasteiger charge is -2.19. The van der Waals surface area contributed by atoms with Gasteiger partial charge in [0.25, 0.3) is 0 Å². The Balaban J connectivity index is 1.11. The fourth-order valence-corrected chi connectivity index (χ4v) is 8.21. The molecule has 60 heavy (non-hydrogen) atoms. The standard InChI is InChI=1S/C46H42ClN5O7S/c1-27-33(17-18-37(42(27)47)58-25-30-12-9-20-48-30)40-41-39(24-50-43(40)29-11-8-13-32(22-29)55-2)60-52-45(41)59-38(46(53)54)23-28-10-4-6-15-35(28)57-26-31-19-21-49-44(51-31)34-14-5-7-16-36(34)56-3/h4-8,10-11,13-19,21-22,24,30,38,48H,9,12,20,23,25-26H2,1-3H3,(H,53,54)/t30?,38-/m1/s1. The zero-order chi connectivity index (χ0) is 41.6. The van der Waals surface area contributed by atoms with Gasteiger partial charge in [-0.1, -0.05) is 60.1 Å². The molecular formula is C46H42ClN5O7S. The summed E-state index contributed by atoms with van der Waals surface area (Å²) in [5, 5.41) is 15.2. The number of benzene rings is 4. The molecule has 2 N–H and O–H groups in total. The maximum Gasteiger partial charge on any atom is 0.345 e. The molecule has 1 aliphatic rings. The molecule has 0 aliphatic carbocycles. The normalized spacial score (nSPS) is 14.2. The minimum absolute atomic E-state index is 0.0172. The van der Waals surface area contributed by atoms with Gasteiger partial charge in [-0.15, -0.1) is 0 Å². The van der Waals surface area contributed by atoms with E-state index in [1.807, 2.05) is 85.8 Å². The molecule has 1 unspecified atom stereocenters. The fourth-order valence-electron chi connectivity index (χ4n) is 7.29. The van der Waals surface area contributed by atoms with Crippen molar-refractivity contribution in [1.82, 2.24) is 24.6 Å². The number of hydrogen-bond donors (Lipinski definition) is 2. The van der Waals surface area contributed by atoms with Crippen LogP contribution in [-0.2, 0) is 17.8 Å². The maximum atomic E-state index is 13.0. The van der Waals surface area contributed by atoms with Crippen LogP contribution in [0.1, 0.15) is 29.7 Å². The molecule has 1 saturated heterocycles. The molecule has 2 atom stereocenters. The van der Waals surface area contributed by atoms with E-state index in [2.05, 4.69) is 14.7 Å². The predicted octanol–water partition coefficient (Wildman–Crippen LogP) is 9.25. The SMILES string of the molecule is COc1cccc(-c2ncc3snc(O[C@H](Cc4ccccc4OCc4ccnc(-c5ccccc5OC)n4)C(=O)O)c3c2-c2ccc(OCC3CCCN3)c(Cl)c2C)c1. The monoisotopic (exact) mass is 843 g/mol. The molecular weight excluding hydrogens is 802 g/mol. The van der Waals surface area contributed by atoms with Gasteiger partial charge in [0.05, 0.1) is 46.3 Å². The van der Waals surface area contributed by atoms with E-state index in [0.29, 0.717) is 73.1 Å². The average Bonchev–Trinajstić information content (AvgIpc) is 3.96. The summed E-state index contributed by atoms with van der Waals surface area (Å²) in [4.78, 5) is 27.1. The molecule has 7 aromatic rings. The lowest BCUT2D eigenvalue weighted by Crippen LogP contribution is -2.29. The van der Waals surface area contributed by atoms with E-state index < -0.39 is 12.1 Å². The second kappa shape index (κ2) is 18.3. The number of rotatable bonds is 16. The van der Waals surface area contributed by atoms with E-state index in [4.69, 9.17) is 45.3 Å². The molecule has 4 aromatic carbocycles. The van der Waals surface area contributed by atoms with Crippen LogP contribution in [0.5, 0.6) is 28.9 Å². The third kappa shape index (κ3) is 8.69. The minimum Gasteiger partial charge on any atom is -0.497 e. The van der Waals surface area contributed by atoms with Crippen LogP contribution >= 0.6 is 23.1 Å². The van der Waals surface area contributed by atoms with E-state index in [-0.39, 0.29) is 24.9 Å². The summed E-state index contributed by atoms with van der Waals surface area (Å²) in [6.45, 7) is 3.53. The molecule has 3 aromatic heterocycles. The first-order valence-electron chi connectivity index (χ1n) is 19.4. The number of pyridine rings is 1. The number of hydrogen-bond acceptors (Lipinski definition) is 12. The van der Waals surface area contributed by atoms with Crippen LogP contribution in [0.15, 0.2) is 103 Å². The average molecular weight is 844 g/mol. The number of halogens is 1. The van der Waals surface area contributed by atoms with Gasteiger partial charge in [-0.3, -0.25) is 4.98 Å². The zero-order valence-electron chi connectivity index (χ0n) is 33.2. The molecule has 1 aliphatic heterocycles. The van der Waals surface area contributed by atoms with Gasteiger partial charge in [-0.2, -0.15) is 4.37 Å². The van der Waals surface area contributed by atoms with E-state index in [1.54, 1.807) is 38.7 Å². The highest BCUT2D eigenvalue weighted by Gasteiger charge is 2.28. The van der Waals surface area contributed by atoms with Crippen LogP contribution in [-0.4, -0.2) is 69.9 Å². The predicted molar refractivity (Wildman–Crippen MR) is 232 cm³/mol. The van der Waals surface area contributed by atoms with Crippen molar-refractivity contribution in [1.29, 1.82) is 0 Å². The van der Waals surface area contributed by atoms with Crippen LogP contribution in [0.4, 0.5) is 0 Å². The molecule has 4 heterocycles.